The standard InChI is InChI=1S/C25H34F3N5O9S2.2H2/c1-7-32-14-20(22(31-32)40-15-21(34)39-5)44(37,38)33-13-17(12-29-43(6,36)8-2)41-19-10-9-16(11-18(19)33)30-23(35)42-24(3,4)25(26,27)28;;/h9-11,14,17H,6-8,12-13,15H2,1-5H3,(H,29,36)(H,30,35);2*1H/t17-,43?;;/m0../s1. The number of halogens is 3. The number of sulfonamides is 1. The number of alkyl halides is 3. The molecule has 0 spiro atoms. The Morgan fingerprint density at radius 3 is 2.50 bits per heavy atom. The highest BCUT2D eigenvalue weighted by Gasteiger charge is 2.51. The van der Waals surface area contributed by atoms with Crippen molar-refractivity contribution in [2.24, 2.45) is 0 Å². The maximum Gasteiger partial charge on any atom is 0.427 e. The molecule has 0 radical (unpaired) electrons. The molecule has 44 heavy (non-hydrogen) atoms. The number of nitrogens with zero attached hydrogens (tertiary/aromatic N) is 3. The predicted molar refractivity (Wildman–Crippen MR) is 159 cm³/mol. The van der Waals surface area contributed by atoms with Crippen LogP contribution >= 0.6 is 0 Å². The Kier molecular flexibility index (Phi) is 10.4. The van der Waals surface area contributed by atoms with Crippen molar-refractivity contribution in [3.8, 4) is 11.6 Å². The van der Waals surface area contributed by atoms with Crippen molar-refractivity contribution in [3.05, 3.63) is 24.4 Å². The number of aromatic nitrogens is 2. The first-order valence-corrected chi connectivity index (χ1v) is 16.4. The van der Waals surface area contributed by atoms with E-state index >= 15 is 0 Å². The Morgan fingerprint density at radius 1 is 1.23 bits per heavy atom. The molecule has 0 fully saturated rings. The van der Waals surface area contributed by atoms with Crippen LogP contribution in [0.4, 0.5) is 29.3 Å². The lowest BCUT2D eigenvalue weighted by atomic mass is 10.1. The number of carbonyl (C=O) groups excluding carboxylic acids is 2. The highest BCUT2D eigenvalue weighted by Crippen LogP contribution is 2.40. The van der Waals surface area contributed by atoms with Crippen LogP contribution in [0.1, 0.15) is 30.5 Å². The first-order chi connectivity index (χ1) is 20.3. The second kappa shape index (κ2) is 13.1. The number of amides is 1. The molecule has 19 heteroatoms. The number of carbonyl (C=O) groups is 2. The third kappa shape index (κ3) is 8.06. The second-order valence-corrected chi connectivity index (χ2v) is 14.3. The van der Waals surface area contributed by atoms with Crippen molar-refractivity contribution in [2.75, 3.05) is 42.2 Å². The maximum atomic E-state index is 14.1. The molecule has 2 atom stereocenters. The molecule has 1 unspecified atom stereocenters. The molecule has 0 saturated carbocycles. The molecule has 250 valence electrons. The zero-order valence-electron chi connectivity index (χ0n) is 24.6. The molecular formula is C25H38F3N5O9S2. The summed E-state index contributed by atoms with van der Waals surface area (Å²) in [5, 5.41) is 6.26. The second-order valence-electron chi connectivity index (χ2n) is 9.95. The van der Waals surface area contributed by atoms with E-state index in [1.807, 2.05) is 0 Å². The number of ether oxygens (including phenoxy) is 4. The van der Waals surface area contributed by atoms with Crippen LogP contribution in [0.3, 0.4) is 0 Å². The Balaban J connectivity index is 0.00000529. The van der Waals surface area contributed by atoms with Crippen molar-refractivity contribution in [1.82, 2.24) is 14.5 Å². The molecule has 1 aromatic heterocycles. The predicted octanol–water partition coefficient (Wildman–Crippen LogP) is 3.03. The number of fused-ring (bicyclic) bond motifs is 1. The van der Waals surface area contributed by atoms with Gasteiger partial charge in [-0.15, -0.1) is 5.10 Å². The van der Waals surface area contributed by atoms with Crippen molar-refractivity contribution < 1.29 is 57.2 Å². The molecule has 0 saturated heterocycles. The van der Waals surface area contributed by atoms with Gasteiger partial charge in [-0.25, -0.2) is 22.7 Å². The number of hydrogen-bond acceptors (Lipinski definition) is 10. The Labute approximate surface area is 255 Å². The molecular weight excluding hydrogens is 635 g/mol. The zero-order chi connectivity index (χ0) is 33.1. The summed E-state index contributed by atoms with van der Waals surface area (Å²) < 4.78 is 106. The van der Waals surface area contributed by atoms with Crippen molar-refractivity contribution in [1.29, 1.82) is 0 Å². The number of methoxy groups -OCH3 is 1. The van der Waals surface area contributed by atoms with E-state index in [2.05, 4.69) is 30.5 Å². The molecule has 1 aliphatic heterocycles. The molecule has 0 aliphatic carbocycles. The SMILES string of the molecule is C=S(=O)(CC)NC[C@H]1CN(S(=O)(=O)c2cn(CC)nc2OCC(=O)OC)c2cc(NC(=O)OC(C)(C)C(F)(F)F)ccc2O1.[HH].[HH]. The van der Waals surface area contributed by atoms with Gasteiger partial charge in [-0.2, -0.15) is 13.2 Å². The average Bonchev–Trinajstić information content (AvgIpc) is 3.38. The topological polar surface area (TPSA) is 167 Å². The minimum absolute atomic E-state index is 0. The fourth-order valence-corrected chi connectivity index (χ4v) is 5.90. The van der Waals surface area contributed by atoms with E-state index in [1.54, 1.807) is 13.8 Å². The quantitative estimate of drug-likeness (QED) is 0.253. The number of esters is 1. The fraction of sp³-hybridized carbons (Fsp3) is 0.520. The molecule has 0 bridgehead atoms. The molecule has 1 aromatic carbocycles. The van der Waals surface area contributed by atoms with E-state index in [1.165, 1.54) is 29.1 Å². The van der Waals surface area contributed by atoms with Gasteiger partial charge in [0.1, 0.15) is 11.9 Å². The van der Waals surface area contributed by atoms with Crippen LogP contribution < -0.4 is 23.8 Å². The van der Waals surface area contributed by atoms with E-state index in [4.69, 9.17) is 9.47 Å². The third-order valence-corrected chi connectivity index (χ3v) is 9.74. The molecule has 1 amide bonds. The van der Waals surface area contributed by atoms with Crippen LogP contribution in [-0.2, 0) is 40.5 Å². The number of benzene rings is 1. The maximum absolute atomic E-state index is 14.1. The number of hydrogen-bond donors (Lipinski definition) is 2. The van der Waals surface area contributed by atoms with Crippen molar-refractivity contribution in [2.45, 2.75) is 57.0 Å². The lowest BCUT2D eigenvalue weighted by Crippen LogP contribution is -2.48. The summed E-state index contributed by atoms with van der Waals surface area (Å²) in [6.45, 7) is 3.91. The van der Waals surface area contributed by atoms with Crippen LogP contribution in [-0.4, -0.2) is 90.8 Å². The van der Waals surface area contributed by atoms with E-state index in [0.29, 0.717) is 13.8 Å². The first kappa shape index (κ1) is 34.8. The van der Waals surface area contributed by atoms with Gasteiger partial charge in [0.25, 0.3) is 15.9 Å². The fourth-order valence-electron chi connectivity index (χ4n) is 3.63. The van der Waals surface area contributed by atoms with Gasteiger partial charge >= 0.3 is 18.2 Å². The third-order valence-electron chi connectivity index (χ3n) is 6.35. The van der Waals surface area contributed by atoms with Gasteiger partial charge in [0.05, 0.1) is 19.3 Å². The van der Waals surface area contributed by atoms with Crippen LogP contribution in [0, 0.1) is 0 Å². The Morgan fingerprint density at radius 2 is 1.91 bits per heavy atom. The summed E-state index contributed by atoms with van der Waals surface area (Å²) in [6.07, 6.45) is -5.98. The molecule has 14 nitrogen and oxygen atoms in total. The Hall–Kier alpha value is -3.71. The van der Waals surface area contributed by atoms with Crippen LogP contribution in [0.25, 0.3) is 0 Å². The van der Waals surface area contributed by atoms with Crippen LogP contribution in [0.15, 0.2) is 29.3 Å². The lowest BCUT2D eigenvalue weighted by Gasteiger charge is -2.36. The summed E-state index contributed by atoms with van der Waals surface area (Å²) in [5.74, 6) is 2.66. The highest BCUT2D eigenvalue weighted by atomic mass is 32.2. The van der Waals surface area contributed by atoms with E-state index in [0.717, 1.165) is 11.4 Å². The lowest BCUT2D eigenvalue weighted by molar-refractivity contribution is -0.242. The van der Waals surface area contributed by atoms with Gasteiger partial charge in [-0.3, -0.25) is 18.5 Å². The molecule has 2 heterocycles. The van der Waals surface area contributed by atoms with Gasteiger partial charge < -0.3 is 18.9 Å². The molecule has 2 N–H and O–H groups in total. The first-order valence-electron chi connectivity index (χ1n) is 13.1. The summed E-state index contributed by atoms with van der Waals surface area (Å²) in [4.78, 5) is 23.6. The van der Waals surface area contributed by atoms with Crippen LogP contribution in [0.2, 0.25) is 0 Å². The van der Waals surface area contributed by atoms with Gasteiger partial charge in [0, 0.05) is 43.3 Å². The van der Waals surface area contributed by atoms with Crippen molar-refractivity contribution >= 4 is 49.0 Å². The number of rotatable bonds is 12. The smallest absolute Gasteiger partial charge is 0.427 e. The van der Waals surface area contributed by atoms with E-state index in [-0.39, 0.29) is 51.2 Å². The Bertz CT molecular complexity index is 1600. The summed E-state index contributed by atoms with van der Waals surface area (Å²) in [7, 11) is -6.11. The van der Waals surface area contributed by atoms with Crippen LogP contribution in [0.5, 0.6) is 11.6 Å². The zero-order valence-corrected chi connectivity index (χ0v) is 26.2. The minimum atomic E-state index is -4.85. The number of nitrogens with one attached hydrogen (secondary N) is 2. The normalized spacial score (nSPS) is 16.7. The largest absolute Gasteiger partial charge is 0.485 e. The summed E-state index contributed by atoms with van der Waals surface area (Å²) in [6, 6.07) is 3.76. The van der Waals surface area contributed by atoms with E-state index in [9.17, 15) is 35.4 Å². The molecule has 3 rings (SSSR count). The van der Waals surface area contributed by atoms with Gasteiger partial charge in [0.15, 0.2) is 11.5 Å². The molecule has 1 aliphatic rings. The minimum Gasteiger partial charge on any atom is -0.485 e. The monoisotopic (exact) mass is 673 g/mol. The average molecular weight is 674 g/mol. The molecule has 2 aromatic rings. The van der Waals surface area contributed by atoms with Gasteiger partial charge in [-0.05, 0) is 44.8 Å². The number of aryl methyl sites for hydroxylation is 1. The summed E-state index contributed by atoms with van der Waals surface area (Å²) >= 11 is 0. The van der Waals surface area contributed by atoms with Crippen molar-refractivity contribution in [3.63, 3.8) is 0 Å². The number of anilines is 2. The van der Waals surface area contributed by atoms with E-state index < -0.39 is 61.2 Å². The highest BCUT2D eigenvalue weighted by molar-refractivity contribution is 7.98. The summed E-state index contributed by atoms with van der Waals surface area (Å²) in [5.41, 5.74) is -3.01. The van der Waals surface area contributed by atoms with Gasteiger partial charge in [0.2, 0.25) is 5.60 Å². The van der Waals surface area contributed by atoms with Gasteiger partial charge in [-0.1, -0.05) is 6.92 Å².